The minimum absolute atomic E-state index is 0.522. The first-order valence-electron chi connectivity index (χ1n) is 6.49. The summed E-state index contributed by atoms with van der Waals surface area (Å²) in [5.41, 5.74) is 0. The second-order valence-electron chi connectivity index (χ2n) is 4.61. The predicted octanol–water partition coefficient (Wildman–Crippen LogP) is 3.51. The van der Waals surface area contributed by atoms with Gasteiger partial charge in [-0.2, -0.15) is 0 Å². The third kappa shape index (κ3) is 4.28. The SMILES string of the molecule is CCCC(CC)N(C)C(=S)N(C)C(C)CC. The number of rotatable bonds is 6. The summed E-state index contributed by atoms with van der Waals surface area (Å²) in [5.74, 6) is 0. The zero-order valence-corrected chi connectivity index (χ0v) is 12.6. The summed E-state index contributed by atoms with van der Waals surface area (Å²) in [6, 6.07) is 1.11. The molecule has 0 fully saturated rings. The number of hydrogen-bond donors (Lipinski definition) is 0. The van der Waals surface area contributed by atoms with Gasteiger partial charge in [-0.15, -0.1) is 0 Å². The van der Waals surface area contributed by atoms with Crippen LogP contribution in [-0.2, 0) is 0 Å². The fourth-order valence-corrected chi connectivity index (χ4v) is 2.20. The van der Waals surface area contributed by atoms with Crippen LogP contribution in [0.1, 0.15) is 53.4 Å². The molecule has 0 bridgehead atoms. The molecule has 0 aromatic carbocycles. The van der Waals surface area contributed by atoms with Crippen LogP contribution in [0.4, 0.5) is 0 Å². The van der Waals surface area contributed by atoms with Crippen molar-refractivity contribution in [2.75, 3.05) is 14.1 Å². The summed E-state index contributed by atoms with van der Waals surface area (Å²) >= 11 is 5.55. The van der Waals surface area contributed by atoms with E-state index in [1.807, 2.05) is 0 Å². The van der Waals surface area contributed by atoms with Gasteiger partial charge in [0.1, 0.15) is 0 Å². The molecule has 0 radical (unpaired) electrons. The van der Waals surface area contributed by atoms with Crippen LogP contribution in [-0.4, -0.2) is 41.1 Å². The number of nitrogens with zero attached hydrogens (tertiary/aromatic N) is 2. The van der Waals surface area contributed by atoms with Gasteiger partial charge in [-0.3, -0.25) is 0 Å². The number of hydrogen-bond acceptors (Lipinski definition) is 1. The van der Waals surface area contributed by atoms with Crippen molar-refractivity contribution < 1.29 is 0 Å². The van der Waals surface area contributed by atoms with Crippen LogP contribution >= 0.6 is 12.2 Å². The molecular weight excluding hydrogens is 216 g/mol. The van der Waals surface area contributed by atoms with Crippen LogP contribution in [0.15, 0.2) is 0 Å². The lowest BCUT2D eigenvalue weighted by Gasteiger charge is -2.36. The predicted molar refractivity (Wildman–Crippen MR) is 76.9 cm³/mol. The van der Waals surface area contributed by atoms with Crippen LogP contribution < -0.4 is 0 Å². The highest BCUT2D eigenvalue weighted by molar-refractivity contribution is 7.80. The van der Waals surface area contributed by atoms with Crippen molar-refractivity contribution in [1.29, 1.82) is 0 Å². The molecule has 0 saturated heterocycles. The maximum atomic E-state index is 5.55. The lowest BCUT2D eigenvalue weighted by molar-refractivity contribution is 0.274. The molecule has 0 rings (SSSR count). The Morgan fingerprint density at radius 2 is 1.62 bits per heavy atom. The lowest BCUT2D eigenvalue weighted by Crippen LogP contribution is -2.47. The second kappa shape index (κ2) is 7.88. The molecule has 16 heavy (non-hydrogen) atoms. The Morgan fingerprint density at radius 3 is 2.00 bits per heavy atom. The Balaban J connectivity index is 4.45. The average molecular weight is 244 g/mol. The van der Waals surface area contributed by atoms with Gasteiger partial charge in [0.2, 0.25) is 0 Å². The smallest absolute Gasteiger partial charge is 0.171 e. The van der Waals surface area contributed by atoms with E-state index in [4.69, 9.17) is 12.2 Å². The minimum Gasteiger partial charge on any atom is -0.350 e. The Hall–Kier alpha value is -0.310. The van der Waals surface area contributed by atoms with E-state index in [9.17, 15) is 0 Å². The number of thiocarbonyl (C=S) groups is 1. The molecule has 0 spiro atoms. The highest BCUT2D eigenvalue weighted by Crippen LogP contribution is 2.13. The molecule has 2 unspecified atom stereocenters. The van der Waals surface area contributed by atoms with Gasteiger partial charge < -0.3 is 9.80 Å². The van der Waals surface area contributed by atoms with Gasteiger partial charge in [-0.1, -0.05) is 27.2 Å². The van der Waals surface area contributed by atoms with Gasteiger partial charge >= 0.3 is 0 Å². The van der Waals surface area contributed by atoms with E-state index >= 15 is 0 Å². The Kier molecular flexibility index (Phi) is 7.73. The first-order valence-corrected chi connectivity index (χ1v) is 6.89. The molecular formula is C13H28N2S. The fraction of sp³-hybridized carbons (Fsp3) is 0.923. The lowest BCUT2D eigenvalue weighted by atomic mass is 10.1. The van der Waals surface area contributed by atoms with Gasteiger partial charge in [0.05, 0.1) is 0 Å². The standard InChI is InChI=1S/C13H28N2S/c1-7-10-12(9-3)15(6)13(16)14(5)11(4)8-2/h11-12H,7-10H2,1-6H3. The molecule has 3 heteroatoms. The second-order valence-corrected chi connectivity index (χ2v) is 4.98. The topological polar surface area (TPSA) is 6.48 Å². The minimum atomic E-state index is 0.522. The summed E-state index contributed by atoms with van der Waals surface area (Å²) in [5, 5.41) is 0.981. The zero-order chi connectivity index (χ0) is 12.7. The summed E-state index contributed by atoms with van der Waals surface area (Å²) in [4.78, 5) is 4.48. The van der Waals surface area contributed by atoms with Crippen LogP contribution in [0, 0.1) is 0 Å². The molecule has 0 aliphatic carbocycles. The molecule has 2 nitrogen and oxygen atoms in total. The van der Waals surface area contributed by atoms with E-state index < -0.39 is 0 Å². The molecule has 0 aromatic heterocycles. The van der Waals surface area contributed by atoms with Crippen molar-refractivity contribution in [2.45, 2.75) is 65.5 Å². The van der Waals surface area contributed by atoms with Gasteiger partial charge in [0.25, 0.3) is 0 Å². The highest BCUT2D eigenvalue weighted by atomic mass is 32.1. The summed E-state index contributed by atoms with van der Waals surface area (Å²) in [6.07, 6.45) is 4.74. The summed E-state index contributed by atoms with van der Waals surface area (Å²) in [6.45, 7) is 8.90. The Labute approximate surface area is 107 Å². The Morgan fingerprint density at radius 1 is 1.06 bits per heavy atom. The molecule has 0 aliphatic rings. The maximum Gasteiger partial charge on any atom is 0.171 e. The molecule has 96 valence electrons. The monoisotopic (exact) mass is 244 g/mol. The van der Waals surface area contributed by atoms with Gasteiger partial charge in [0, 0.05) is 26.2 Å². The zero-order valence-electron chi connectivity index (χ0n) is 11.8. The Bertz CT molecular complexity index is 206. The first kappa shape index (κ1) is 15.7. The normalized spacial score (nSPS) is 14.4. The van der Waals surface area contributed by atoms with E-state index in [1.54, 1.807) is 0 Å². The molecule has 0 aromatic rings. The van der Waals surface area contributed by atoms with Crippen LogP contribution in [0.5, 0.6) is 0 Å². The van der Waals surface area contributed by atoms with Crippen LogP contribution in [0.2, 0.25) is 0 Å². The maximum absolute atomic E-state index is 5.55. The first-order chi connectivity index (χ1) is 7.49. The van der Waals surface area contributed by atoms with Crippen molar-refractivity contribution in [3.63, 3.8) is 0 Å². The van der Waals surface area contributed by atoms with Gasteiger partial charge in [0.15, 0.2) is 5.11 Å². The van der Waals surface area contributed by atoms with E-state index in [2.05, 4.69) is 51.6 Å². The van der Waals surface area contributed by atoms with Crippen molar-refractivity contribution in [2.24, 2.45) is 0 Å². The molecule has 0 N–H and O–H groups in total. The third-order valence-corrected chi connectivity index (χ3v) is 4.07. The van der Waals surface area contributed by atoms with E-state index in [0.29, 0.717) is 12.1 Å². The van der Waals surface area contributed by atoms with Crippen molar-refractivity contribution in [3.05, 3.63) is 0 Å². The fourth-order valence-electron chi connectivity index (χ4n) is 1.87. The van der Waals surface area contributed by atoms with Crippen molar-refractivity contribution >= 4 is 17.3 Å². The van der Waals surface area contributed by atoms with E-state index in [0.717, 1.165) is 11.5 Å². The molecule has 0 amide bonds. The molecule has 2 atom stereocenters. The average Bonchev–Trinajstić information content (AvgIpc) is 2.32. The third-order valence-electron chi connectivity index (χ3n) is 3.50. The van der Waals surface area contributed by atoms with Gasteiger partial charge in [-0.05, 0) is 38.4 Å². The molecule has 0 aliphatic heterocycles. The largest absolute Gasteiger partial charge is 0.350 e. The van der Waals surface area contributed by atoms with E-state index in [-0.39, 0.29) is 0 Å². The van der Waals surface area contributed by atoms with Gasteiger partial charge in [-0.25, -0.2) is 0 Å². The quantitative estimate of drug-likeness (QED) is 0.660. The van der Waals surface area contributed by atoms with Crippen molar-refractivity contribution in [3.8, 4) is 0 Å². The van der Waals surface area contributed by atoms with Crippen molar-refractivity contribution in [1.82, 2.24) is 9.80 Å². The summed E-state index contributed by atoms with van der Waals surface area (Å²) in [7, 11) is 4.23. The summed E-state index contributed by atoms with van der Waals surface area (Å²) < 4.78 is 0. The van der Waals surface area contributed by atoms with E-state index in [1.165, 1.54) is 19.3 Å². The van der Waals surface area contributed by atoms with Crippen LogP contribution in [0.3, 0.4) is 0 Å². The van der Waals surface area contributed by atoms with Crippen LogP contribution in [0.25, 0.3) is 0 Å². The molecule has 0 heterocycles. The highest BCUT2D eigenvalue weighted by Gasteiger charge is 2.19. The molecule has 0 saturated carbocycles.